The third-order valence-corrected chi connectivity index (χ3v) is 6.62. The van der Waals surface area contributed by atoms with Crippen molar-refractivity contribution in [3.8, 4) is 11.5 Å². The Balaban J connectivity index is 1.22. The number of methoxy groups -OCH3 is 1. The Labute approximate surface area is 201 Å². The zero-order chi connectivity index (χ0) is 23.7. The minimum Gasteiger partial charge on any atom is -0.497 e. The van der Waals surface area contributed by atoms with Gasteiger partial charge in [-0.2, -0.15) is 0 Å². The maximum absolute atomic E-state index is 12.4. The molecule has 0 spiro atoms. The maximum Gasteiger partial charge on any atom is 0.339 e. The third-order valence-electron chi connectivity index (χ3n) is 6.33. The summed E-state index contributed by atoms with van der Waals surface area (Å²) in [7, 11) is 1.64. The first-order chi connectivity index (χ1) is 16.5. The van der Waals surface area contributed by atoms with Gasteiger partial charge in [-0.15, -0.1) is 0 Å². The first kappa shape index (κ1) is 22.3. The van der Waals surface area contributed by atoms with Gasteiger partial charge in [0.05, 0.1) is 12.1 Å². The lowest BCUT2D eigenvalue weighted by molar-refractivity contribution is -0.123. The van der Waals surface area contributed by atoms with Crippen LogP contribution in [0.4, 0.5) is 0 Å². The number of halogens is 1. The second-order valence-corrected chi connectivity index (χ2v) is 8.85. The molecule has 0 saturated heterocycles. The molecule has 8 heteroatoms. The quantitative estimate of drug-likeness (QED) is 0.378. The van der Waals surface area contributed by atoms with Gasteiger partial charge < -0.3 is 24.2 Å². The summed E-state index contributed by atoms with van der Waals surface area (Å²) in [4.78, 5) is 27.9. The van der Waals surface area contributed by atoms with E-state index in [4.69, 9.17) is 25.5 Å². The summed E-state index contributed by atoms with van der Waals surface area (Å²) in [6.07, 6.45) is 6.19. The van der Waals surface area contributed by atoms with Crippen molar-refractivity contribution in [3.63, 3.8) is 0 Å². The standard InChI is InChI=1S/C26H25ClN2O5/c1-32-16-6-7-22-19(10-16)15(13-29-22)8-9-28-25(30)14-33-24-12-23-20(11-21(24)27)17-4-2-3-5-18(17)26(31)34-23/h6-7,10-13,29H,2-5,8-9,14H2,1H3,(H,28,30). The van der Waals surface area contributed by atoms with E-state index in [-0.39, 0.29) is 18.1 Å². The molecule has 34 heavy (non-hydrogen) atoms. The number of amides is 1. The van der Waals surface area contributed by atoms with Crippen molar-refractivity contribution in [1.82, 2.24) is 10.3 Å². The zero-order valence-electron chi connectivity index (χ0n) is 18.8. The van der Waals surface area contributed by atoms with Gasteiger partial charge in [0.2, 0.25) is 0 Å². The fraction of sp³-hybridized carbons (Fsp3) is 0.308. The molecule has 4 aromatic rings. The normalized spacial score (nSPS) is 13.1. The Morgan fingerprint density at radius 1 is 1.15 bits per heavy atom. The van der Waals surface area contributed by atoms with E-state index in [1.54, 1.807) is 19.2 Å². The van der Waals surface area contributed by atoms with Gasteiger partial charge in [-0.25, -0.2) is 4.79 Å². The molecule has 0 saturated carbocycles. The summed E-state index contributed by atoms with van der Waals surface area (Å²) in [5.74, 6) is 0.835. The number of benzene rings is 2. The number of aryl methyl sites for hydroxylation is 1. The van der Waals surface area contributed by atoms with E-state index in [1.807, 2.05) is 24.4 Å². The third kappa shape index (κ3) is 4.35. The number of fused-ring (bicyclic) bond motifs is 4. The van der Waals surface area contributed by atoms with Crippen LogP contribution < -0.4 is 20.4 Å². The van der Waals surface area contributed by atoms with Crippen LogP contribution in [0, 0.1) is 0 Å². The zero-order valence-corrected chi connectivity index (χ0v) is 19.6. The van der Waals surface area contributed by atoms with Crippen LogP contribution in [0.25, 0.3) is 21.9 Å². The average molecular weight is 481 g/mol. The molecule has 7 nitrogen and oxygen atoms in total. The number of hydrogen-bond acceptors (Lipinski definition) is 5. The number of rotatable bonds is 7. The molecular formula is C26H25ClN2O5. The summed E-state index contributed by atoms with van der Waals surface area (Å²) in [5.41, 5.74) is 3.99. The highest BCUT2D eigenvalue weighted by atomic mass is 35.5. The highest BCUT2D eigenvalue weighted by molar-refractivity contribution is 6.32. The van der Waals surface area contributed by atoms with Crippen molar-refractivity contribution in [3.05, 3.63) is 68.7 Å². The van der Waals surface area contributed by atoms with Crippen LogP contribution in [0.3, 0.4) is 0 Å². The van der Waals surface area contributed by atoms with Gasteiger partial charge in [-0.1, -0.05) is 11.6 Å². The minimum absolute atomic E-state index is 0.192. The van der Waals surface area contributed by atoms with Crippen molar-refractivity contribution in [1.29, 1.82) is 0 Å². The molecule has 2 heterocycles. The Morgan fingerprint density at radius 3 is 2.79 bits per heavy atom. The van der Waals surface area contributed by atoms with Gasteiger partial charge in [0.1, 0.15) is 17.1 Å². The Kier molecular flexibility index (Phi) is 6.20. The number of aromatic nitrogens is 1. The molecule has 1 aliphatic rings. The number of carbonyl (C=O) groups is 1. The van der Waals surface area contributed by atoms with Crippen molar-refractivity contribution in [2.75, 3.05) is 20.3 Å². The molecule has 0 radical (unpaired) electrons. The number of hydrogen-bond donors (Lipinski definition) is 2. The van der Waals surface area contributed by atoms with Crippen LogP contribution in [0.1, 0.15) is 29.5 Å². The summed E-state index contributed by atoms with van der Waals surface area (Å²) in [5, 5.41) is 5.16. The summed E-state index contributed by atoms with van der Waals surface area (Å²) in [6, 6.07) is 9.21. The Hall–Kier alpha value is -3.45. The molecule has 1 aliphatic carbocycles. The predicted molar refractivity (Wildman–Crippen MR) is 131 cm³/mol. The Morgan fingerprint density at radius 2 is 1.97 bits per heavy atom. The van der Waals surface area contributed by atoms with Gasteiger partial charge in [-0.05, 0) is 67.5 Å². The fourth-order valence-corrected chi connectivity index (χ4v) is 4.80. The summed E-state index contributed by atoms with van der Waals surface area (Å²) >= 11 is 6.43. The molecule has 0 bridgehead atoms. The van der Waals surface area contributed by atoms with Gasteiger partial charge >= 0.3 is 5.63 Å². The smallest absolute Gasteiger partial charge is 0.339 e. The molecule has 0 unspecified atom stereocenters. The fourth-order valence-electron chi connectivity index (χ4n) is 4.58. The van der Waals surface area contributed by atoms with E-state index in [0.29, 0.717) is 29.3 Å². The van der Waals surface area contributed by atoms with Crippen LogP contribution >= 0.6 is 11.6 Å². The average Bonchev–Trinajstić information content (AvgIpc) is 3.25. The van der Waals surface area contributed by atoms with E-state index < -0.39 is 0 Å². The van der Waals surface area contributed by atoms with Gasteiger partial charge in [-0.3, -0.25) is 4.79 Å². The topological polar surface area (TPSA) is 93.6 Å². The molecule has 1 amide bonds. The van der Waals surface area contributed by atoms with Crippen molar-refractivity contribution < 1.29 is 18.7 Å². The van der Waals surface area contributed by atoms with Crippen molar-refractivity contribution in [2.24, 2.45) is 0 Å². The summed E-state index contributed by atoms with van der Waals surface area (Å²) in [6.45, 7) is 0.265. The van der Waals surface area contributed by atoms with Gasteiger partial charge in [0.25, 0.3) is 5.91 Å². The SMILES string of the molecule is COc1ccc2[nH]cc(CCNC(=O)COc3cc4oc(=O)c5c(c4cc3Cl)CCCC5)c2c1. The Bertz CT molecular complexity index is 1440. The lowest BCUT2D eigenvalue weighted by Crippen LogP contribution is -2.30. The number of nitrogens with one attached hydrogen (secondary N) is 2. The van der Waals surface area contributed by atoms with E-state index in [1.165, 1.54) is 0 Å². The van der Waals surface area contributed by atoms with E-state index in [2.05, 4.69) is 10.3 Å². The maximum atomic E-state index is 12.4. The second-order valence-electron chi connectivity index (χ2n) is 8.45. The molecule has 0 fully saturated rings. The molecule has 0 aliphatic heterocycles. The van der Waals surface area contributed by atoms with Crippen molar-refractivity contribution >= 4 is 39.4 Å². The van der Waals surface area contributed by atoms with Crippen LogP contribution in [-0.2, 0) is 24.1 Å². The number of carbonyl (C=O) groups excluding carboxylic acids is 1. The molecule has 176 valence electrons. The first-order valence-electron chi connectivity index (χ1n) is 11.3. The van der Waals surface area contributed by atoms with Gasteiger partial charge in [0.15, 0.2) is 6.61 Å². The second kappa shape index (κ2) is 9.43. The molecule has 2 aromatic carbocycles. The predicted octanol–water partition coefficient (Wildman–Crippen LogP) is 4.55. The van der Waals surface area contributed by atoms with E-state index in [9.17, 15) is 9.59 Å². The van der Waals surface area contributed by atoms with E-state index in [0.717, 1.165) is 64.4 Å². The molecule has 0 atom stereocenters. The van der Waals surface area contributed by atoms with Crippen LogP contribution in [-0.4, -0.2) is 31.2 Å². The first-order valence-corrected chi connectivity index (χ1v) is 11.7. The lowest BCUT2D eigenvalue weighted by Gasteiger charge is -2.17. The van der Waals surface area contributed by atoms with Crippen LogP contribution in [0.15, 0.2) is 45.7 Å². The molecule has 5 rings (SSSR count). The minimum atomic E-state index is -0.303. The van der Waals surface area contributed by atoms with Crippen molar-refractivity contribution in [2.45, 2.75) is 32.1 Å². The van der Waals surface area contributed by atoms with Crippen LogP contribution in [0.2, 0.25) is 5.02 Å². The number of aromatic amines is 1. The monoisotopic (exact) mass is 480 g/mol. The summed E-state index contributed by atoms with van der Waals surface area (Å²) < 4.78 is 16.5. The number of ether oxygens (including phenoxy) is 2. The lowest BCUT2D eigenvalue weighted by atomic mass is 9.91. The van der Waals surface area contributed by atoms with E-state index >= 15 is 0 Å². The molecular weight excluding hydrogens is 456 g/mol. The molecule has 2 N–H and O–H groups in total. The molecule has 2 aromatic heterocycles. The van der Waals surface area contributed by atoms with Crippen LogP contribution in [0.5, 0.6) is 11.5 Å². The number of H-pyrrole nitrogens is 1. The largest absolute Gasteiger partial charge is 0.497 e. The highest BCUT2D eigenvalue weighted by Crippen LogP contribution is 2.34. The highest BCUT2D eigenvalue weighted by Gasteiger charge is 2.20. The van der Waals surface area contributed by atoms with Gasteiger partial charge in [0, 0.05) is 40.7 Å².